The minimum Gasteiger partial charge on any atom is -0.321 e. The molecule has 1 amide bonds. The number of anilines is 1. The zero-order chi connectivity index (χ0) is 12.3. The number of amides is 1. The van der Waals surface area contributed by atoms with Crippen molar-refractivity contribution in [3.63, 3.8) is 0 Å². The predicted molar refractivity (Wildman–Crippen MR) is 76.0 cm³/mol. The van der Waals surface area contributed by atoms with Crippen molar-refractivity contribution in [1.29, 1.82) is 0 Å². The number of thiophene rings is 1. The second kappa shape index (κ2) is 5.67. The summed E-state index contributed by atoms with van der Waals surface area (Å²) >= 11 is 10.5. The lowest BCUT2D eigenvalue weighted by Gasteiger charge is -2.07. The van der Waals surface area contributed by atoms with Gasteiger partial charge in [-0.15, -0.1) is 22.9 Å². The van der Waals surface area contributed by atoms with Crippen LogP contribution in [0.4, 0.5) is 5.69 Å². The lowest BCUT2D eigenvalue weighted by molar-refractivity contribution is 0.103. The molecule has 0 unspecified atom stereocenters. The standard InChI is InChI=1S/C12H9BrClNOS/c13-11-6-5-10(17-11)12(16)15-9-4-2-1-3-8(9)7-14/h1-6H,7H2,(H,15,16). The Balaban J connectivity index is 2.18. The van der Waals surface area contributed by atoms with Gasteiger partial charge in [-0.25, -0.2) is 0 Å². The van der Waals surface area contributed by atoms with Gasteiger partial charge in [0.15, 0.2) is 0 Å². The van der Waals surface area contributed by atoms with E-state index in [0.29, 0.717) is 10.8 Å². The summed E-state index contributed by atoms with van der Waals surface area (Å²) in [5.74, 6) is 0.267. The van der Waals surface area contributed by atoms with Gasteiger partial charge in [-0.05, 0) is 39.7 Å². The Morgan fingerprint density at radius 1 is 1.29 bits per heavy atom. The first-order chi connectivity index (χ1) is 8.20. The molecule has 2 rings (SSSR count). The molecule has 0 saturated heterocycles. The van der Waals surface area contributed by atoms with E-state index in [-0.39, 0.29) is 5.91 Å². The number of nitrogens with one attached hydrogen (secondary N) is 1. The van der Waals surface area contributed by atoms with Crippen LogP contribution in [-0.2, 0) is 5.88 Å². The summed E-state index contributed by atoms with van der Waals surface area (Å²) in [6.45, 7) is 0. The molecule has 1 N–H and O–H groups in total. The van der Waals surface area contributed by atoms with E-state index >= 15 is 0 Å². The molecule has 0 radical (unpaired) electrons. The van der Waals surface area contributed by atoms with Crippen molar-refractivity contribution in [3.8, 4) is 0 Å². The third-order valence-corrected chi connectivity index (χ3v) is 4.12. The highest BCUT2D eigenvalue weighted by Crippen LogP contribution is 2.24. The Morgan fingerprint density at radius 2 is 2.06 bits per heavy atom. The van der Waals surface area contributed by atoms with Crippen molar-refractivity contribution in [3.05, 3.63) is 50.6 Å². The zero-order valence-electron chi connectivity index (χ0n) is 8.74. The lowest BCUT2D eigenvalue weighted by atomic mass is 10.2. The minimum atomic E-state index is -0.113. The Hall–Kier alpha value is -0.840. The van der Waals surface area contributed by atoms with Gasteiger partial charge < -0.3 is 5.32 Å². The first-order valence-corrected chi connectivity index (χ1v) is 7.05. The molecule has 0 aliphatic rings. The lowest BCUT2D eigenvalue weighted by Crippen LogP contribution is -2.11. The average Bonchev–Trinajstić information content (AvgIpc) is 2.77. The van der Waals surface area contributed by atoms with Gasteiger partial charge in [0.05, 0.1) is 8.66 Å². The Kier molecular flexibility index (Phi) is 4.20. The summed E-state index contributed by atoms with van der Waals surface area (Å²) in [6.07, 6.45) is 0. The van der Waals surface area contributed by atoms with Gasteiger partial charge >= 0.3 is 0 Å². The monoisotopic (exact) mass is 329 g/mol. The third-order valence-electron chi connectivity index (χ3n) is 2.21. The zero-order valence-corrected chi connectivity index (χ0v) is 11.9. The predicted octanol–water partition coefficient (Wildman–Crippen LogP) is 4.50. The van der Waals surface area contributed by atoms with E-state index in [4.69, 9.17) is 11.6 Å². The average molecular weight is 331 g/mol. The first-order valence-electron chi connectivity index (χ1n) is 4.91. The Labute approximate surface area is 117 Å². The van der Waals surface area contributed by atoms with E-state index in [9.17, 15) is 4.79 Å². The summed E-state index contributed by atoms with van der Waals surface area (Å²) in [5, 5.41) is 2.86. The van der Waals surface area contributed by atoms with Crippen LogP contribution < -0.4 is 5.32 Å². The van der Waals surface area contributed by atoms with Crippen molar-refractivity contribution in [2.75, 3.05) is 5.32 Å². The third kappa shape index (κ3) is 3.09. The number of carbonyl (C=O) groups is 1. The molecule has 17 heavy (non-hydrogen) atoms. The summed E-state index contributed by atoms with van der Waals surface area (Å²) in [6, 6.07) is 11.1. The van der Waals surface area contributed by atoms with Crippen molar-refractivity contribution in [2.45, 2.75) is 5.88 Å². The topological polar surface area (TPSA) is 29.1 Å². The van der Waals surface area contributed by atoms with Crippen LogP contribution >= 0.6 is 38.9 Å². The fraction of sp³-hybridized carbons (Fsp3) is 0.0833. The van der Waals surface area contributed by atoms with Crippen molar-refractivity contribution < 1.29 is 4.79 Å². The molecule has 1 aromatic heterocycles. The molecule has 0 bridgehead atoms. The molecule has 0 fully saturated rings. The molecule has 1 aromatic carbocycles. The van der Waals surface area contributed by atoms with Gasteiger partial charge in [-0.2, -0.15) is 0 Å². The number of benzene rings is 1. The molecule has 1 heterocycles. The molecule has 0 spiro atoms. The SMILES string of the molecule is O=C(Nc1ccccc1CCl)c1ccc(Br)s1. The normalized spacial score (nSPS) is 10.2. The number of alkyl halides is 1. The fourth-order valence-corrected chi connectivity index (χ4v) is 2.89. The van der Waals surface area contributed by atoms with Gasteiger partial charge in [-0.3, -0.25) is 4.79 Å². The number of carbonyl (C=O) groups excluding carboxylic acids is 1. The maximum absolute atomic E-state index is 11.9. The van der Waals surface area contributed by atoms with E-state index in [2.05, 4.69) is 21.2 Å². The van der Waals surface area contributed by atoms with Crippen LogP contribution in [0.15, 0.2) is 40.2 Å². The quantitative estimate of drug-likeness (QED) is 0.825. The highest BCUT2D eigenvalue weighted by Gasteiger charge is 2.10. The van der Waals surface area contributed by atoms with Gasteiger partial charge in [-0.1, -0.05) is 18.2 Å². The number of rotatable bonds is 3. The summed E-state index contributed by atoms with van der Waals surface area (Å²) in [4.78, 5) is 12.6. The highest BCUT2D eigenvalue weighted by molar-refractivity contribution is 9.11. The van der Waals surface area contributed by atoms with Crippen LogP contribution in [0, 0.1) is 0 Å². The maximum atomic E-state index is 11.9. The molecule has 0 aliphatic carbocycles. The van der Waals surface area contributed by atoms with E-state index in [1.165, 1.54) is 11.3 Å². The van der Waals surface area contributed by atoms with Gasteiger partial charge in [0.25, 0.3) is 5.91 Å². The maximum Gasteiger partial charge on any atom is 0.265 e. The second-order valence-electron chi connectivity index (χ2n) is 3.35. The molecule has 2 aromatic rings. The van der Waals surface area contributed by atoms with E-state index < -0.39 is 0 Å². The molecule has 0 saturated carbocycles. The van der Waals surface area contributed by atoms with Crippen LogP contribution in [0.2, 0.25) is 0 Å². The van der Waals surface area contributed by atoms with Crippen molar-refractivity contribution in [1.82, 2.24) is 0 Å². The number of hydrogen-bond donors (Lipinski definition) is 1. The summed E-state index contributed by atoms with van der Waals surface area (Å²) in [7, 11) is 0. The number of hydrogen-bond acceptors (Lipinski definition) is 2. The summed E-state index contributed by atoms with van der Waals surface area (Å²) in [5.41, 5.74) is 1.68. The molecule has 2 nitrogen and oxygen atoms in total. The summed E-state index contributed by atoms with van der Waals surface area (Å²) < 4.78 is 0.938. The minimum absolute atomic E-state index is 0.113. The molecule has 0 aliphatic heterocycles. The largest absolute Gasteiger partial charge is 0.321 e. The van der Waals surface area contributed by atoms with Gasteiger partial charge in [0.2, 0.25) is 0 Å². The van der Waals surface area contributed by atoms with Crippen LogP contribution in [0.3, 0.4) is 0 Å². The smallest absolute Gasteiger partial charge is 0.265 e. The highest BCUT2D eigenvalue weighted by atomic mass is 79.9. The van der Waals surface area contributed by atoms with Gasteiger partial charge in [0.1, 0.15) is 0 Å². The molecule has 0 atom stereocenters. The number of halogens is 2. The molecule has 88 valence electrons. The van der Waals surface area contributed by atoms with Crippen LogP contribution in [-0.4, -0.2) is 5.91 Å². The van der Waals surface area contributed by atoms with Gasteiger partial charge in [0, 0.05) is 11.6 Å². The van der Waals surface area contributed by atoms with Crippen LogP contribution in [0.1, 0.15) is 15.2 Å². The molecular weight excluding hydrogens is 322 g/mol. The Bertz CT molecular complexity index is 541. The second-order valence-corrected chi connectivity index (χ2v) is 6.08. The molecular formula is C12H9BrClNOS. The van der Waals surface area contributed by atoms with Crippen LogP contribution in [0.25, 0.3) is 0 Å². The van der Waals surface area contributed by atoms with Crippen molar-refractivity contribution in [2.24, 2.45) is 0 Å². The Morgan fingerprint density at radius 3 is 2.71 bits per heavy atom. The van der Waals surface area contributed by atoms with E-state index in [0.717, 1.165) is 15.0 Å². The first kappa shape index (κ1) is 12.6. The van der Waals surface area contributed by atoms with Crippen molar-refractivity contribution >= 4 is 50.5 Å². The fourth-order valence-electron chi connectivity index (χ4n) is 1.38. The van der Waals surface area contributed by atoms with Crippen LogP contribution in [0.5, 0.6) is 0 Å². The number of para-hydroxylation sites is 1. The molecule has 5 heteroatoms. The van der Waals surface area contributed by atoms with E-state index in [1.54, 1.807) is 6.07 Å². The van der Waals surface area contributed by atoms with E-state index in [1.807, 2.05) is 30.3 Å².